The molecule has 0 amide bonds. The van der Waals surface area contributed by atoms with Crippen LogP contribution in [0.5, 0.6) is 0 Å². The predicted molar refractivity (Wildman–Crippen MR) is 71.8 cm³/mol. The second-order valence-corrected chi connectivity index (χ2v) is 4.87. The van der Waals surface area contributed by atoms with Crippen molar-refractivity contribution < 1.29 is 4.42 Å². The van der Waals surface area contributed by atoms with E-state index in [0.29, 0.717) is 11.8 Å². The lowest BCUT2D eigenvalue weighted by Gasteiger charge is -2.13. The highest BCUT2D eigenvalue weighted by Gasteiger charge is 2.12. The summed E-state index contributed by atoms with van der Waals surface area (Å²) < 4.78 is 5.06. The zero-order valence-corrected chi connectivity index (χ0v) is 10.9. The van der Waals surface area contributed by atoms with Crippen molar-refractivity contribution in [2.45, 2.75) is 12.8 Å². The van der Waals surface area contributed by atoms with E-state index in [2.05, 4.69) is 6.07 Å². The summed E-state index contributed by atoms with van der Waals surface area (Å²) in [4.78, 5) is 0. The van der Waals surface area contributed by atoms with Crippen molar-refractivity contribution in [1.82, 2.24) is 0 Å². The molecule has 1 heterocycles. The van der Waals surface area contributed by atoms with Crippen molar-refractivity contribution >= 4 is 23.2 Å². The number of hydrogen-bond donors (Lipinski definition) is 0. The fourth-order valence-electron chi connectivity index (χ4n) is 1.90. The maximum absolute atomic E-state index is 6.15. The molecule has 0 N–H and O–H groups in total. The SMILES string of the molecule is ClCC(Cc1ccoc1)Cc1ccccc1Cl. The normalized spacial score (nSPS) is 12.6. The Morgan fingerprint density at radius 2 is 1.94 bits per heavy atom. The number of hydrogen-bond acceptors (Lipinski definition) is 1. The van der Waals surface area contributed by atoms with Crippen molar-refractivity contribution in [3.63, 3.8) is 0 Å². The quantitative estimate of drug-likeness (QED) is 0.724. The van der Waals surface area contributed by atoms with Crippen molar-refractivity contribution in [3.05, 3.63) is 59.0 Å². The summed E-state index contributed by atoms with van der Waals surface area (Å²) in [7, 11) is 0. The first-order chi connectivity index (χ1) is 8.29. The Bertz CT molecular complexity index is 451. The van der Waals surface area contributed by atoms with Crippen LogP contribution in [0.3, 0.4) is 0 Å². The van der Waals surface area contributed by atoms with Crippen LogP contribution in [-0.4, -0.2) is 5.88 Å². The van der Waals surface area contributed by atoms with Gasteiger partial charge in [0.25, 0.3) is 0 Å². The standard InChI is InChI=1S/C14H14Cl2O/c15-9-12(7-11-5-6-17-10-11)8-13-3-1-2-4-14(13)16/h1-6,10,12H,7-9H2. The van der Waals surface area contributed by atoms with Crippen LogP contribution in [-0.2, 0) is 12.8 Å². The molecule has 0 radical (unpaired) electrons. The molecule has 0 aliphatic heterocycles. The summed E-state index contributed by atoms with van der Waals surface area (Å²) >= 11 is 12.2. The molecular formula is C14H14Cl2O. The van der Waals surface area contributed by atoms with E-state index in [0.717, 1.165) is 23.4 Å². The molecule has 0 aliphatic rings. The Hall–Kier alpha value is -0.920. The number of halogens is 2. The molecule has 0 fully saturated rings. The lowest BCUT2D eigenvalue weighted by atomic mass is 9.95. The van der Waals surface area contributed by atoms with Crippen molar-refractivity contribution in [2.24, 2.45) is 5.92 Å². The largest absolute Gasteiger partial charge is 0.472 e. The van der Waals surface area contributed by atoms with Crippen LogP contribution in [0.2, 0.25) is 5.02 Å². The highest BCUT2D eigenvalue weighted by Crippen LogP contribution is 2.22. The lowest BCUT2D eigenvalue weighted by Crippen LogP contribution is -2.10. The van der Waals surface area contributed by atoms with Crippen LogP contribution in [0.25, 0.3) is 0 Å². The van der Waals surface area contributed by atoms with Gasteiger partial charge in [0.1, 0.15) is 0 Å². The Balaban J connectivity index is 2.03. The Labute approximate surface area is 111 Å². The van der Waals surface area contributed by atoms with Crippen LogP contribution in [0.4, 0.5) is 0 Å². The molecule has 2 rings (SSSR count). The maximum atomic E-state index is 6.15. The predicted octanol–water partition coefficient (Wildman–Crippen LogP) is 4.57. The number of alkyl halides is 1. The number of benzene rings is 1. The molecular weight excluding hydrogens is 255 g/mol. The Morgan fingerprint density at radius 3 is 2.59 bits per heavy atom. The van der Waals surface area contributed by atoms with Crippen LogP contribution < -0.4 is 0 Å². The van der Waals surface area contributed by atoms with Gasteiger partial charge in [-0.15, -0.1) is 11.6 Å². The fourth-order valence-corrected chi connectivity index (χ4v) is 2.33. The third-order valence-corrected chi connectivity index (χ3v) is 3.59. The van der Waals surface area contributed by atoms with E-state index in [-0.39, 0.29) is 0 Å². The lowest BCUT2D eigenvalue weighted by molar-refractivity contribution is 0.548. The molecule has 1 unspecified atom stereocenters. The van der Waals surface area contributed by atoms with Crippen molar-refractivity contribution in [1.29, 1.82) is 0 Å². The number of furan rings is 1. The zero-order chi connectivity index (χ0) is 12.1. The van der Waals surface area contributed by atoms with Gasteiger partial charge in [-0.05, 0) is 42.0 Å². The summed E-state index contributed by atoms with van der Waals surface area (Å²) in [6, 6.07) is 9.89. The van der Waals surface area contributed by atoms with Crippen LogP contribution in [0.15, 0.2) is 47.3 Å². The maximum Gasteiger partial charge on any atom is 0.0934 e. The van der Waals surface area contributed by atoms with Crippen LogP contribution in [0.1, 0.15) is 11.1 Å². The van der Waals surface area contributed by atoms with E-state index in [1.165, 1.54) is 5.56 Å². The Morgan fingerprint density at radius 1 is 1.12 bits per heavy atom. The average Bonchev–Trinajstić information content (AvgIpc) is 2.84. The average molecular weight is 269 g/mol. The first-order valence-electron chi connectivity index (χ1n) is 5.60. The molecule has 1 atom stereocenters. The Kier molecular flexibility index (Phi) is 4.52. The second kappa shape index (κ2) is 6.13. The molecule has 90 valence electrons. The van der Waals surface area contributed by atoms with E-state index >= 15 is 0 Å². The summed E-state index contributed by atoms with van der Waals surface area (Å²) in [6.45, 7) is 0. The molecule has 1 aromatic heterocycles. The minimum absolute atomic E-state index is 0.383. The molecule has 0 saturated heterocycles. The molecule has 0 saturated carbocycles. The molecule has 0 aliphatic carbocycles. The van der Waals surface area contributed by atoms with Gasteiger partial charge in [0.05, 0.1) is 12.5 Å². The van der Waals surface area contributed by atoms with E-state index in [4.69, 9.17) is 27.6 Å². The van der Waals surface area contributed by atoms with Gasteiger partial charge < -0.3 is 4.42 Å². The topological polar surface area (TPSA) is 13.1 Å². The molecule has 0 bridgehead atoms. The summed E-state index contributed by atoms with van der Waals surface area (Å²) in [5.41, 5.74) is 2.34. The molecule has 1 aromatic carbocycles. The molecule has 1 nitrogen and oxygen atoms in total. The summed E-state index contributed by atoms with van der Waals surface area (Å²) in [5.74, 6) is 1.00. The highest BCUT2D eigenvalue weighted by atomic mass is 35.5. The zero-order valence-electron chi connectivity index (χ0n) is 9.40. The first-order valence-corrected chi connectivity index (χ1v) is 6.51. The van der Waals surface area contributed by atoms with Gasteiger partial charge in [0.15, 0.2) is 0 Å². The molecule has 17 heavy (non-hydrogen) atoms. The van der Waals surface area contributed by atoms with E-state index in [1.54, 1.807) is 12.5 Å². The monoisotopic (exact) mass is 268 g/mol. The van der Waals surface area contributed by atoms with Crippen LogP contribution in [0, 0.1) is 5.92 Å². The van der Waals surface area contributed by atoms with Gasteiger partial charge in [-0.3, -0.25) is 0 Å². The van der Waals surface area contributed by atoms with Crippen LogP contribution >= 0.6 is 23.2 Å². The first kappa shape index (κ1) is 12.5. The summed E-state index contributed by atoms with van der Waals surface area (Å²) in [6.07, 6.45) is 5.28. The van der Waals surface area contributed by atoms with Gasteiger partial charge in [0.2, 0.25) is 0 Å². The highest BCUT2D eigenvalue weighted by molar-refractivity contribution is 6.31. The van der Waals surface area contributed by atoms with E-state index in [1.807, 2.05) is 24.3 Å². The van der Waals surface area contributed by atoms with E-state index < -0.39 is 0 Å². The third kappa shape index (κ3) is 3.52. The molecule has 0 spiro atoms. The fraction of sp³-hybridized carbons (Fsp3) is 0.286. The summed E-state index contributed by atoms with van der Waals surface area (Å²) in [5, 5.41) is 0.815. The van der Waals surface area contributed by atoms with Gasteiger partial charge in [-0.25, -0.2) is 0 Å². The number of rotatable bonds is 5. The van der Waals surface area contributed by atoms with E-state index in [9.17, 15) is 0 Å². The molecule has 3 heteroatoms. The van der Waals surface area contributed by atoms with Gasteiger partial charge >= 0.3 is 0 Å². The van der Waals surface area contributed by atoms with Gasteiger partial charge in [-0.1, -0.05) is 29.8 Å². The third-order valence-electron chi connectivity index (χ3n) is 2.79. The minimum atomic E-state index is 0.383. The van der Waals surface area contributed by atoms with Crippen molar-refractivity contribution in [2.75, 3.05) is 5.88 Å². The smallest absolute Gasteiger partial charge is 0.0934 e. The van der Waals surface area contributed by atoms with Gasteiger partial charge in [0, 0.05) is 10.9 Å². The van der Waals surface area contributed by atoms with Gasteiger partial charge in [-0.2, -0.15) is 0 Å². The van der Waals surface area contributed by atoms with Crippen molar-refractivity contribution in [3.8, 4) is 0 Å². The minimum Gasteiger partial charge on any atom is -0.472 e. The molecule has 2 aromatic rings. The second-order valence-electron chi connectivity index (χ2n) is 4.15.